The predicted molar refractivity (Wildman–Crippen MR) is 137 cm³/mol. The lowest BCUT2D eigenvalue weighted by Crippen LogP contribution is -2.29. The summed E-state index contributed by atoms with van der Waals surface area (Å²) in [5.74, 6) is -0.590. The van der Waals surface area contributed by atoms with Crippen molar-refractivity contribution in [1.82, 2.24) is 0 Å². The maximum absolute atomic E-state index is 13.7. The van der Waals surface area contributed by atoms with Crippen molar-refractivity contribution in [2.24, 2.45) is 4.99 Å². The highest BCUT2D eigenvalue weighted by Gasteiger charge is 2.40. The number of amidine groups is 1. The fourth-order valence-electron chi connectivity index (χ4n) is 3.59. The fraction of sp³-hybridized carbons (Fsp3) is 0.0833. The summed E-state index contributed by atoms with van der Waals surface area (Å²) in [6.07, 6.45) is 0. The zero-order chi connectivity index (χ0) is 23.1. The molecule has 9 heteroatoms. The molecule has 1 fully saturated rings. The SMILES string of the molecule is CCN1C(=C2SC(=Nc3cccc(Cl)c3)N(c3ccc(F)cc3)C2=O)Sc2ccc(Cl)cc21. The first-order valence-electron chi connectivity index (χ1n) is 10.1. The van der Waals surface area contributed by atoms with Crippen LogP contribution in [-0.2, 0) is 4.79 Å². The van der Waals surface area contributed by atoms with E-state index in [9.17, 15) is 9.18 Å². The fourth-order valence-corrected chi connectivity index (χ4v) is 6.32. The van der Waals surface area contributed by atoms with E-state index in [1.54, 1.807) is 30.3 Å². The van der Waals surface area contributed by atoms with Gasteiger partial charge in [0.05, 0.1) is 17.1 Å². The zero-order valence-corrected chi connectivity index (χ0v) is 20.4. The Bertz CT molecular complexity index is 1330. The molecule has 5 rings (SSSR count). The summed E-state index contributed by atoms with van der Waals surface area (Å²) in [4.78, 5) is 23.6. The Balaban J connectivity index is 1.63. The topological polar surface area (TPSA) is 35.9 Å². The molecule has 0 atom stereocenters. The van der Waals surface area contributed by atoms with E-state index >= 15 is 0 Å². The third-order valence-electron chi connectivity index (χ3n) is 5.07. The normalized spacial score (nSPS) is 19.0. The lowest BCUT2D eigenvalue weighted by molar-refractivity contribution is -0.113. The highest BCUT2D eigenvalue weighted by molar-refractivity contribution is 8.20. The van der Waals surface area contributed by atoms with Crippen molar-refractivity contribution in [3.63, 3.8) is 0 Å². The molecule has 0 radical (unpaired) electrons. The Morgan fingerprint density at radius 1 is 0.970 bits per heavy atom. The molecular weight excluding hydrogens is 500 g/mol. The van der Waals surface area contributed by atoms with E-state index in [1.807, 2.05) is 31.2 Å². The van der Waals surface area contributed by atoms with Gasteiger partial charge in [-0.3, -0.25) is 9.69 Å². The van der Waals surface area contributed by atoms with Crippen LogP contribution < -0.4 is 9.80 Å². The first-order chi connectivity index (χ1) is 15.9. The van der Waals surface area contributed by atoms with Crippen LogP contribution >= 0.6 is 46.7 Å². The van der Waals surface area contributed by atoms with Gasteiger partial charge in [0, 0.05) is 21.5 Å². The first-order valence-corrected chi connectivity index (χ1v) is 12.4. The molecule has 1 saturated heterocycles. The summed E-state index contributed by atoms with van der Waals surface area (Å²) in [7, 11) is 0. The van der Waals surface area contributed by atoms with Gasteiger partial charge in [-0.15, -0.1) is 0 Å². The number of amides is 1. The van der Waals surface area contributed by atoms with Crippen LogP contribution in [0, 0.1) is 5.82 Å². The number of nitrogens with zero attached hydrogens (tertiary/aromatic N) is 3. The van der Waals surface area contributed by atoms with Crippen LogP contribution in [0.1, 0.15) is 6.92 Å². The number of fused-ring (bicyclic) bond motifs is 1. The minimum Gasteiger partial charge on any atom is -0.334 e. The molecular formula is C24H16Cl2FN3OS2. The number of hydrogen-bond donors (Lipinski definition) is 0. The number of aliphatic imine (C=N–C) groups is 1. The molecule has 1 amide bonds. The lowest BCUT2D eigenvalue weighted by Gasteiger charge is -2.19. The van der Waals surface area contributed by atoms with Crippen LogP contribution in [0.4, 0.5) is 21.5 Å². The van der Waals surface area contributed by atoms with Gasteiger partial charge in [-0.25, -0.2) is 9.38 Å². The molecule has 0 spiro atoms. The smallest absolute Gasteiger partial charge is 0.274 e. The number of benzene rings is 3. The summed E-state index contributed by atoms with van der Waals surface area (Å²) in [6.45, 7) is 2.70. The number of thioether (sulfide) groups is 2. The van der Waals surface area contributed by atoms with Crippen molar-refractivity contribution in [1.29, 1.82) is 0 Å². The predicted octanol–water partition coefficient (Wildman–Crippen LogP) is 7.70. The number of anilines is 2. The second-order valence-corrected chi connectivity index (χ2v) is 10.1. The third kappa shape index (κ3) is 4.26. The zero-order valence-electron chi connectivity index (χ0n) is 17.3. The Morgan fingerprint density at radius 2 is 1.73 bits per heavy atom. The average molecular weight is 516 g/mol. The van der Waals surface area contributed by atoms with Crippen molar-refractivity contribution >= 4 is 74.9 Å². The monoisotopic (exact) mass is 515 g/mol. The van der Waals surface area contributed by atoms with Gasteiger partial charge in [0.15, 0.2) is 5.17 Å². The van der Waals surface area contributed by atoms with Crippen LogP contribution in [0.15, 0.2) is 86.6 Å². The van der Waals surface area contributed by atoms with Crippen LogP contribution in [0.2, 0.25) is 10.0 Å². The molecule has 0 saturated carbocycles. The van der Waals surface area contributed by atoms with E-state index in [4.69, 9.17) is 28.2 Å². The quantitative estimate of drug-likeness (QED) is 0.334. The highest BCUT2D eigenvalue weighted by Crippen LogP contribution is 2.51. The number of carbonyl (C=O) groups is 1. The average Bonchev–Trinajstić information content (AvgIpc) is 3.31. The summed E-state index contributed by atoms with van der Waals surface area (Å²) in [5, 5.41) is 2.49. The van der Waals surface area contributed by atoms with Crippen molar-refractivity contribution in [3.8, 4) is 0 Å². The van der Waals surface area contributed by atoms with Gasteiger partial charge in [-0.2, -0.15) is 0 Å². The molecule has 0 aliphatic carbocycles. The maximum atomic E-state index is 13.7. The molecule has 2 heterocycles. The summed E-state index contributed by atoms with van der Waals surface area (Å²) >= 11 is 15.2. The largest absolute Gasteiger partial charge is 0.334 e. The minimum atomic E-state index is -0.374. The molecule has 4 nitrogen and oxygen atoms in total. The van der Waals surface area contributed by atoms with Gasteiger partial charge < -0.3 is 4.90 Å². The Kier molecular flexibility index (Phi) is 6.14. The molecule has 0 unspecified atom stereocenters. The Morgan fingerprint density at radius 3 is 2.45 bits per heavy atom. The van der Waals surface area contributed by atoms with Gasteiger partial charge in [-0.1, -0.05) is 41.0 Å². The van der Waals surface area contributed by atoms with Crippen molar-refractivity contribution in [2.75, 3.05) is 16.3 Å². The standard InChI is InChI=1S/C24H16Cl2FN3OS2/c1-2-29-19-13-15(26)6-11-20(19)32-23(29)21-22(31)30(18-9-7-16(27)8-10-18)24(33-21)28-17-5-3-4-14(25)12-17/h3-13H,2H2,1H3. The van der Waals surface area contributed by atoms with Gasteiger partial charge in [0.2, 0.25) is 0 Å². The molecule has 0 N–H and O–H groups in total. The van der Waals surface area contributed by atoms with Crippen LogP contribution in [0.3, 0.4) is 0 Å². The Labute approximate surface area is 209 Å². The van der Waals surface area contributed by atoms with E-state index in [0.29, 0.717) is 38.0 Å². The van der Waals surface area contributed by atoms with Gasteiger partial charge in [0.1, 0.15) is 15.8 Å². The van der Waals surface area contributed by atoms with Crippen LogP contribution in [0.5, 0.6) is 0 Å². The summed E-state index contributed by atoms with van der Waals surface area (Å²) in [5.41, 5.74) is 2.13. The van der Waals surface area contributed by atoms with Crippen molar-refractivity contribution in [3.05, 3.63) is 92.5 Å². The van der Waals surface area contributed by atoms with E-state index in [-0.39, 0.29) is 11.7 Å². The lowest BCUT2D eigenvalue weighted by atomic mass is 10.2. The molecule has 2 aliphatic rings. The van der Waals surface area contributed by atoms with Gasteiger partial charge in [0.25, 0.3) is 5.91 Å². The van der Waals surface area contributed by atoms with Crippen LogP contribution in [-0.4, -0.2) is 17.6 Å². The van der Waals surface area contributed by atoms with E-state index in [2.05, 4.69) is 4.90 Å². The number of carbonyl (C=O) groups excluding carboxylic acids is 1. The van der Waals surface area contributed by atoms with E-state index < -0.39 is 0 Å². The van der Waals surface area contributed by atoms with Crippen molar-refractivity contribution < 1.29 is 9.18 Å². The molecule has 3 aromatic carbocycles. The van der Waals surface area contributed by atoms with Gasteiger partial charge in [-0.05, 0) is 79.3 Å². The summed E-state index contributed by atoms with van der Waals surface area (Å²) in [6, 6.07) is 18.6. The van der Waals surface area contributed by atoms with Crippen molar-refractivity contribution in [2.45, 2.75) is 11.8 Å². The maximum Gasteiger partial charge on any atom is 0.274 e. The molecule has 0 aromatic heterocycles. The van der Waals surface area contributed by atoms with Crippen LogP contribution in [0.25, 0.3) is 0 Å². The number of halogens is 3. The second kappa shape index (κ2) is 9.06. The molecule has 3 aromatic rings. The number of hydrogen-bond acceptors (Lipinski definition) is 5. The second-order valence-electron chi connectivity index (χ2n) is 7.19. The minimum absolute atomic E-state index is 0.216. The highest BCUT2D eigenvalue weighted by atomic mass is 35.5. The molecule has 0 bridgehead atoms. The van der Waals surface area contributed by atoms with E-state index in [0.717, 1.165) is 15.6 Å². The third-order valence-corrected chi connectivity index (χ3v) is 7.88. The number of rotatable bonds is 3. The molecule has 166 valence electrons. The van der Waals surface area contributed by atoms with Gasteiger partial charge >= 0.3 is 0 Å². The first kappa shape index (κ1) is 22.3. The van der Waals surface area contributed by atoms with E-state index in [1.165, 1.54) is 40.6 Å². The Hall–Kier alpha value is -2.45. The molecule has 33 heavy (non-hydrogen) atoms. The summed E-state index contributed by atoms with van der Waals surface area (Å²) < 4.78 is 13.6. The molecule has 2 aliphatic heterocycles.